The lowest BCUT2D eigenvalue weighted by Crippen LogP contribution is -2.51. The predicted octanol–water partition coefficient (Wildman–Crippen LogP) is 4.36. The second-order valence-corrected chi connectivity index (χ2v) is 7.00. The number of amides is 1. The molecule has 0 saturated carbocycles. The number of carbonyl (C=O) groups is 1. The molecule has 1 fully saturated rings. The van der Waals surface area contributed by atoms with E-state index in [9.17, 15) is 18.0 Å². The van der Waals surface area contributed by atoms with Crippen molar-refractivity contribution in [1.82, 2.24) is 10.4 Å². The Morgan fingerprint density at radius 2 is 2.00 bits per heavy atom. The average molecular weight is 366 g/mol. The van der Waals surface area contributed by atoms with Gasteiger partial charge in [-0.1, -0.05) is 24.3 Å². The third kappa shape index (κ3) is 3.35. The minimum absolute atomic E-state index is 0.0127. The first-order valence-electron chi connectivity index (χ1n) is 8.44. The minimum Gasteiger partial charge on any atom is -0.494 e. The van der Waals surface area contributed by atoms with Crippen LogP contribution in [-0.4, -0.2) is 29.2 Å². The van der Waals surface area contributed by atoms with E-state index in [4.69, 9.17) is 4.74 Å². The molecule has 0 aliphatic carbocycles. The topological polar surface area (TPSA) is 41.6 Å². The number of halogens is 3. The molecular formula is C19H21F3N2O2. The number of nitrogens with one attached hydrogen (secondary N) is 1. The highest BCUT2D eigenvalue weighted by Crippen LogP contribution is 2.44. The Bertz CT molecular complexity index is 833. The highest BCUT2D eigenvalue weighted by molar-refractivity contribution is 5.87. The van der Waals surface area contributed by atoms with Crippen molar-refractivity contribution in [2.75, 3.05) is 6.61 Å². The van der Waals surface area contributed by atoms with Crippen LogP contribution in [0.15, 0.2) is 36.4 Å². The van der Waals surface area contributed by atoms with Gasteiger partial charge < -0.3 is 4.74 Å². The number of hydrogen-bond donors (Lipinski definition) is 1. The summed E-state index contributed by atoms with van der Waals surface area (Å²) in [4.78, 5) is 11.8. The molecule has 3 rings (SSSR count). The van der Waals surface area contributed by atoms with Crippen LogP contribution in [0.3, 0.4) is 0 Å². The van der Waals surface area contributed by atoms with Crippen molar-refractivity contribution in [3.05, 3.63) is 42.0 Å². The van der Waals surface area contributed by atoms with Gasteiger partial charge in [0.05, 0.1) is 6.61 Å². The lowest BCUT2D eigenvalue weighted by Gasteiger charge is -2.38. The van der Waals surface area contributed by atoms with Gasteiger partial charge in [-0.3, -0.25) is 10.2 Å². The molecule has 2 aromatic carbocycles. The summed E-state index contributed by atoms with van der Waals surface area (Å²) in [6.45, 7) is 5.58. The summed E-state index contributed by atoms with van der Waals surface area (Å²) in [5.74, 6) is 0.193. The molecule has 0 radical (unpaired) electrons. The monoisotopic (exact) mass is 366 g/mol. The lowest BCUT2D eigenvalue weighted by molar-refractivity contribution is -0.203. The molecule has 0 aromatic heterocycles. The summed E-state index contributed by atoms with van der Waals surface area (Å²) >= 11 is 0. The molecule has 1 aliphatic rings. The lowest BCUT2D eigenvalue weighted by atomic mass is 9.93. The van der Waals surface area contributed by atoms with E-state index in [2.05, 4.69) is 5.43 Å². The van der Waals surface area contributed by atoms with Crippen LogP contribution in [0.2, 0.25) is 0 Å². The molecule has 1 saturated heterocycles. The Morgan fingerprint density at radius 3 is 2.58 bits per heavy atom. The maximum absolute atomic E-state index is 14.0. The fourth-order valence-electron chi connectivity index (χ4n) is 3.46. The van der Waals surface area contributed by atoms with Crippen LogP contribution in [0, 0.1) is 0 Å². The first-order chi connectivity index (χ1) is 12.1. The van der Waals surface area contributed by atoms with Gasteiger partial charge in [0.1, 0.15) is 5.75 Å². The van der Waals surface area contributed by atoms with Crippen molar-refractivity contribution in [2.24, 2.45) is 0 Å². The summed E-state index contributed by atoms with van der Waals surface area (Å²) < 4.78 is 47.6. The second-order valence-electron chi connectivity index (χ2n) is 7.00. The first-order valence-corrected chi connectivity index (χ1v) is 8.44. The molecule has 1 atom stereocenters. The van der Waals surface area contributed by atoms with Crippen LogP contribution in [0.1, 0.15) is 38.8 Å². The molecule has 0 unspecified atom stereocenters. The number of alkyl halides is 3. The second kappa shape index (κ2) is 6.46. The maximum Gasteiger partial charge on any atom is 0.409 e. The Kier molecular flexibility index (Phi) is 4.60. The molecule has 2 aromatic rings. The van der Waals surface area contributed by atoms with Gasteiger partial charge in [0, 0.05) is 12.0 Å². The standard InChI is InChI=1S/C19H21F3N2O2/c1-4-26-13-8-9-14-12(10-13)6-5-7-15(14)17(19(20,21)22)24-18(2,3)11-16(25)23-24/h5-10,17H,4,11H2,1-3H3,(H,23,25)/t17-/m0/s1. The number of hydrogen-bond acceptors (Lipinski definition) is 3. The van der Waals surface area contributed by atoms with Gasteiger partial charge in [-0.25, -0.2) is 0 Å². The van der Waals surface area contributed by atoms with Gasteiger partial charge in [-0.15, -0.1) is 0 Å². The number of rotatable bonds is 4. The largest absolute Gasteiger partial charge is 0.494 e. The van der Waals surface area contributed by atoms with Gasteiger partial charge in [0.25, 0.3) is 0 Å². The van der Waals surface area contributed by atoms with Crippen molar-refractivity contribution in [3.63, 3.8) is 0 Å². The summed E-state index contributed by atoms with van der Waals surface area (Å²) in [7, 11) is 0. The molecule has 7 heteroatoms. The molecule has 140 valence electrons. The molecule has 1 amide bonds. The minimum atomic E-state index is -4.55. The van der Waals surface area contributed by atoms with E-state index in [1.54, 1.807) is 44.2 Å². The molecule has 0 bridgehead atoms. The molecule has 1 N–H and O–H groups in total. The number of hydrazine groups is 1. The van der Waals surface area contributed by atoms with E-state index < -0.39 is 23.7 Å². The zero-order chi connectivity index (χ0) is 19.1. The maximum atomic E-state index is 14.0. The number of nitrogens with zero attached hydrogens (tertiary/aromatic N) is 1. The summed E-state index contributed by atoms with van der Waals surface area (Å²) in [5, 5.41) is 2.17. The number of benzene rings is 2. The molecular weight excluding hydrogens is 345 g/mol. The summed E-state index contributed by atoms with van der Waals surface area (Å²) in [5.41, 5.74) is 1.55. The SMILES string of the molecule is CCOc1ccc2c([C@H](N3NC(=O)CC3(C)C)C(F)(F)F)cccc2c1. The first kappa shape index (κ1) is 18.5. The van der Waals surface area contributed by atoms with Crippen LogP contribution in [0.25, 0.3) is 10.8 Å². The highest BCUT2D eigenvalue weighted by Gasteiger charge is 2.53. The van der Waals surface area contributed by atoms with Gasteiger partial charge in [0.15, 0.2) is 6.04 Å². The summed E-state index contributed by atoms with van der Waals surface area (Å²) in [6, 6.07) is 7.89. The van der Waals surface area contributed by atoms with Gasteiger partial charge in [0.2, 0.25) is 5.91 Å². The van der Waals surface area contributed by atoms with E-state index in [0.717, 1.165) is 5.01 Å². The predicted molar refractivity (Wildman–Crippen MR) is 92.6 cm³/mol. The fraction of sp³-hybridized carbons (Fsp3) is 0.421. The van der Waals surface area contributed by atoms with E-state index in [0.29, 0.717) is 23.1 Å². The van der Waals surface area contributed by atoms with Crippen LogP contribution in [0.4, 0.5) is 13.2 Å². The smallest absolute Gasteiger partial charge is 0.409 e. The van der Waals surface area contributed by atoms with Crippen molar-refractivity contribution in [2.45, 2.75) is 44.9 Å². The Balaban J connectivity index is 2.15. The Hall–Kier alpha value is -2.28. The van der Waals surface area contributed by atoms with E-state index in [1.165, 1.54) is 6.07 Å². The normalized spacial score (nSPS) is 18.8. The van der Waals surface area contributed by atoms with Crippen molar-refractivity contribution in [1.29, 1.82) is 0 Å². The van der Waals surface area contributed by atoms with Crippen LogP contribution in [-0.2, 0) is 4.79 Å². The number of ether oxygens (including phenoxy) is 1. The average Bonchev–Trinajstić information content (AvgIpc) is 2.79. The Morgan fingerprint density at radius 1 is 1.27 bits per heavy atom. The van der Waals surface area contributed by atoms with Crippen molar-refractivity contribution in [3.8, 4) is 5.75 Å². The molecule has 4 nitrogen and oxygen atoms in total. The zero-order valence-electron chi connectivity index (χ0n) is 14.9. The number of fused-ring (bicyclic) bond motifs is 1. The molecule has 1 aliphatic heterocycles. The molecule has 26 heavy (non-hydrogen) atoms. The van der Waals surface area contributed by atoms with E-state index >= 15 is 0 Å². The summed E-state index contributed by atoms with van der Waals surface area (Å²) in [6.07, 6.45) is -4.54. The molecule has 1 heterocycles. The van der Waals surface area contributed by atoms with Crippen molar-refractivity contribution < 1.29 is 22.7 Å². The van der Waals surface area contributed by atoms with Gasteiger partial charge >= 0.3 is 6.18 Å². The third-order valence-electron chi connectivity index (χ3n) is 4.55. The van der Waals surface area contributed by atoms with E-state index in [-0.39, 0.29) is 12.0 Å². The van der Waals surface area contributed by atoms with Gasteiger partial charge in [-0.2, -0.15) is 18.2 Å². The zero-order valence-corrected chi connectivity index (χ0v) is 14.9. The van der Waals surface area contributed by atoms with Crippen LogP contribution < -0.4 is 10.2 Å². The quantitative estimate of drug-likeness (QED) is 0.874. The van der Waals surface area contributed by atoms with Crippen LogP contribution in [0.5, 0.6) is 5.75 Å². The molecule has 0 spiro atoms. The van der Waals surface area contributed by atoms with E-state index in [1.807, 2.05) is 6.92 Å². The fourth-order valence-corrected chi connectivity index (χ4v) is 3.46. The van der Waals surface area contributed by atoms with Crippen molar-refractivity contribution >= 4 is 16.7 Å². The van der Waals surface area contributed by atoms with Gasteiger partial charge in [-0.05, 0) is 49.2 Å². The van der Waals surface area contributed by atoms with Crippen LogP contribution >= 0.6 is 0 Å². The number of carbonyl (C=O) groups excluding carboxylic acids is 1. The third-order valence-corrected chi connectivity index (χ3v) is 4.55. The Labute approximate surface area is 149 Å². The highest BCUT2D eigenvalue weighted by atomic mass is 19.4.